The fourth-order valence-corrected chi connectivity index (χ4v) is 3.29. The van der Waals surface area contributed by atoms with E-state index in [2.05, 4.69) is 28.8 Å². The summed E-state index contributed by atoms with van der Waals surface area (Å²) in [6.07, 6.45) is 3.59. The van der Waals surface area contributed by atoms with E-state index in [0.717, 1.165) is 12.8 Å². The molecule has 1 aliphatic carbocycles. The molecular formula is C13H20N6O. The minimum Gasteiger partial charge on any atom is -0.396 e. The van der Waals surface area contributed by atoms with Crippen LogP contribution in [0.4, 0.5) is 11.8 Å². The van der Waals surface area contributed by atoms with Crippen molar-refractivity contribution in [3.8, 4) is 0 Å². The van der Waals surface area contributed by atoms with Gasteiger partial charge in [0.1, 0.15) is 5.52 Å². The maximum absolute atomic E-state index is 9.12. The van der Waals surface area contributed by atoms with Gasteiger partial charge in [-0.3, -0.25) is 0 Å². The first-order valence-electron chi connectivity index (χ1n) is 6.81. The number of hydrogen-bond donors (Lipinski definition) is 3. The Morgan fingerprint density at radius 1 is 1.40 bits per heavy atom. The summed E-state index contributed by atoms with van der Waals surface area (Å²) in [4.78, 5) is 12.5. The largest absolute Gasteiger partial charge is 0.396 e. The van der Waals surface area contributed by atoms with Crippen LogP contribution in [-0.4, -0.2) is 31.2 Å². The fraction of sp³-hybridized carbons (Fsp3) is 0.615. The average Bonchev–Trinajstić information content (AvgIpc) is 2.77. The smallest absolute Gasteiger partial charge is 0.224 e. The topological polar surface area (TPSA) is 116 Å². The van der Waals surface area contributed by atoms with E-state index in [9.17, 15) is 0 Å². The second kappa shape index (κ2) is 4.31. The molecule has 0 aromatic carbocycles. The summed E-state index contributed by atoms with van der Waals surface area (Å²) in [6.45, 7) is 4.65. The molecule has 108 valence electrons. The van der Waals surface area contributed by atoms with E-state index in [0.29, 0.717) is 22.9 Å². The van der Waals surface area contributed by atoms with Gasteiger partial charge in [-0.2, -0.15) is 9.97 Å². The van der Waals surface area contributed by atoms with Gasteiger partial charge < -0.3 is 21.1 Å². The van der Waals surface area contributed by atoms with Crippen LogP contribution in [-0.2, 0) is 0 Å². The average molecular weight is 276 g/mol. The molecule has 2 atom stereocenters. The van der Waals surface area contributed by atoms with E-state index in [4.69, 9.17) is 16.6 Å². The predicted octanol–water partition coefficient (Wildman–Crippen LogP) is 0.960. The molecule has 3 rings (SSSR count). The highest BCUT2D eigenvalue weighted by molar-refractivity contribution is 5.82. The number of anilines is 2. The first-order valence-corrected chi connectivity index (χ1v) is 6.81. The van der Waals surface area contributed by atoms with E-state index in [-0.39, 0.29) is 24.0 Å². The number of imidazole rings is 1. The third-order valence-electron chi connectivity index (χ3n) is 4.70. The van der Waals surface area contributed by atoms with Crippen molar-refractivity contribution in [1.29, 1.82) is 0 Å². The van der Waals surface area contributed by atoms with Gasteiger partial charge in [0.2, 0.25) is 5.95 Å². The number of aromatic nitrogens is 4. The molecule has 1 aliphatic rings. The third-order valence-corrected chi connectivity index (χ3v) is 4.70. The summed E-state index contributed by atoms with van der Waals surface area (Å²) in [6, 6.07) is 0.290. The molecule has 0 amide bonds. The number of rotatable bonds is 3. The highest BCUT2D eigenvalue weighted by Crippen LogP contribution is 2.56. The number of nitrogens with zero attached hydrogens (tertiary/aromatic N) is 4. The van der Waals surface area contributed by atoms with E-state index in [1.165, 1.54) is 0 Å². The van der Waals surface area contributed by atoms with Crippen molar-refractivity contribution in [1.82, 2.24) is 19.5 Å². The third kappa shape index (κ3) is 1.73. The maximum atomic E-state index is 9.12. The summed E-state index contributed by atoms with van der Waals surface area (Å²) in [5.41, 5.74) is 12.9. The molecule has 7 nitrogen and oxygen atoms in total. The normalized spacial score (nSPS) is 24.8. The molecule has 0 aliphatic heterocycles. The molecule has 2 aromatic rings. The van der Waals surface area contributed by atoms with Crippen molar-refractivity contribution in [3.63, 3.8) is 0 Å². The van der Waals surface area contributed by atoms with Crippen LogP contribution in [0.5, 0.6) is 0 Å². The summed E-state index contributed by atoms with van der Waals surface area (Å²) in [5, 5.41) is 9.12. The van der Waals surface area contributed by atoms with Crippen molar-refractivity contribution in [3.05, 3.63) is 6.33 Å². The Labute approximate surface area is 117 Å². The van der Waals surface area contributed by atoms with Crippen LogP contribution < -0.4 is 11.5 Å². The molecule has 2 aromatic heterocycles. The highest BCUT2D eigenvalue weighted by atomic mass is 16.3. The molecule has 0 unspecified atom stereocenters. The zero-order valence-electron chi connectivity index (χ0n) is 11.7. The van der Waals surface area contributed by atoms with Gasteiger partial charge in [0.25, 0.3) is 0 Å². The van der Waals surface area contributed by atoms with Gasteiger partial charge in [-0.05, 0) is 24.2 Å². The van der Waals surface area contributed by atoms with E-state index >= 15 is 0 Å². The minimum absolute atomic E-state index is 0.0881. The van der Waals surface area contributed by atoms with E-state index in [1.807, 2.05) is 4.57 Å². The maximum Gasteiger partial charge on any atom is 0.224 e. The molecular weight excluding hydrogens is 256 g/mol. The van der Waals surface area contributed by atoms with Gasteiger partial charge in [0, 0.05) is 12.6 Å². The second-order valence-electron chi connectivity index (χ2n) is 6.07. The van der Waals surface area contributed by atoms with Gasteiger partial charge >= 0.3 is 0 Å². The molecule has 2 heterocycles. The molecule has 20 heavy (non-hydrogen) atoms. The number of fused-ring (bicyclic) bond motifs is 1. The van der Waals surface area contributed by atoms with Crippen molar-refractivity contribution in [2.45, 2.75) is 32.7 Å². The predicted molar refractivity (Wildman–Crippen MR) is 76.8 cm³/mol. The Kier molecular flexibility index (Phi) is 2.82. The zero-order valence-corrected chi connectivity index (χ0v) is 11.7. The Hall–Kier alpha value is -1.89. The van der Waals surface area contributed by atoms with Crippen LogP contribution in [0.25, 0.3) is 11.2 Å². The molecule has 5 N–H and O–H groups in total. The molecule has 1 saturated carbocycles. The standard InChI is InChI=1S/C13H20N6O/c1-13(2)7(3-4-20)5-8(13)19-6-16-9-10(14)17-12(15)18-11(9)19/h6-8,20H,3-5H2,1-2H3,(H4,14,15,17,18)/t7-,8+/m0/s1. The number of nitrogens with two attached hydrogens (primary N) is 2. The zero-order chi connectivity index (χ0) is 14.5. The van der Waals surface area contributed by atoms with Gasteiger partial charge in [-0.1, -0.05) is 13.8 Å². The monoisotopic (exact) mass is 276 g/mol. The van der Waals surface area contributed by atoms with Gasteiger partial charge in [0.05, 0.1) is 6.33 Å². The molecule has 0 bridgehead atoms. The quantitative estimate of drug-likeness (QED) is 0.769. The lowest BCUT2D eigenvalue weighted by molar-refractivity contribution is -0.0216. The van der Waals surface area contributed by atoms with Crippen LogP contribution in [0.3, 0.4) is 0 Å². The molecule has 7 heteroatoms. The van der Waals surface area contributed by atoms with E-state index < -0.39 is 0 Å². The Morgan fingerprint density at radius 2 is 2.15 bits per heavy atom. The van der Waals surface area contributed by atoms with Crippen LogP contribution in [0.1, 0.15) is 32.7 Å². The Bertz CT molecular complexity index is 650. The Morgan fingerprint density at radius 3 is 2.80 bits per heavy atom. The number of nitrogen functional groups attached to an aromatic ring is 2. The van der Waals surface area contributed by atoms with Crippen molar-refractivity contribution >= 4 is 22.9 Å². The summed E-state index contributed by atoms with van der Waals surface area (Å²) >= 11 is 0. The fourth-order valence-electron chi connectivity index (χ4n) is 3.29. The number of hydrogen-bond acceptors (Lipinski definition) is 6. The van der Waals surface area contributed by atoms with Gasteiger partial charge in [-0.25, -0.2) is 4.98 Å². The lowest BCUT2D eigenvalue weighted by Gasteiger charge is -2.52. The summed E-state index contributed by atoms with van der Waals surface area (Å²) in [7, 11) is 0. The molecule has 0 saturated heterocycles. The van der Waals surface area contributed by atoms with Crippen LogP contribution in [0, 0.1) is 11.3 Å². The molecule has 1 fully saturated rings. The highest BCUT2D eigenvalue weighted by Gasteiger charge is 2.48. The second-order valence-corrected chi connectivity index (χ2v) is 6.07. The summed E-state index contributed by atoms with van der Waals surface area (Å²) in [5.74, 6) is 0.988. The first kappa shape index (κ1) is 13.1. The minimum atomic E-state index is 0.0881. The summed E-state index contributed by atoms with van der Waals surface area (Å²) < 4.78 is 2.04. The number of aliphatic hydroxyl groups excluding tert-OH is 1. The Balaban J connectivity index is 2.00. The van der Waals surface area contributed by atoms with Crippen molar-refractivity contribution in [2.24, 2.45) is 11.3 Å². The van der Waals surface area contributed by atoms with Crippen molar-refractivity contribution < 1.29 is 5.11 Å². The molecule has 0 radical (unpaired) electrons. The molecule has 0 spiro atoms. The van der Waals surface area contributed by atoms with Crippen LogP contribution in [0.2, 0.25) is 0 Å². The number of aliphatic hydroxyl groups is 1. The van der Waals surface area contributed by atoms with Gasteiger partial charge in [0.15, 0.2) is 11.5 Å². The van der Waals surface area contributed by atoms with Crippen LogP contribution in [0.15, 0.2) is 6.33 Å². The van der Waals surface area contributed by atoms with Crippen LogP contribution >= 0.6 is 0 Å². The SMILES string of the molecule is CC1(C)[C@@H](CCO)C[C@H]1n1cnc2c(N)nc(N)nc21. The first-order chi connectivity index (χ1) is 9.45. The lowest BCUT2D eigenvalue weighted by Crippen LogP contribution is -2.46. The van der Waals surface area contributed by atoms with E-state index in [1.54, 1.807) is 6.33 Å². The van der Waals surface area contributed by atoms with Crippen molar-refractivity contribution in [2.75, 3.05) is 18.1 Å². The lowest BCUT2D eigenvalue weighted by atomic mass is 9.57. The van der Waals surface area contributed by atoms with Gasteiger partial charge in [-0.15, -0.1) is 0 Å².